The number of aliphatic imine (C=N–C) groups is 1. The van der Waals surface area contributed by atoms with Gasteiger partial charge in [-0.15, -0.1) is 0 Å². The Morgan fingerprint density at radius 3 is 2.77 bits per heavy atom. The van der Waals surface area contributed by atoms with Gasteiger partial charge in [0.05, 0.1) is 24.5 Å². The quantitative estimate of drug-likeness (QED) is 0.635. The van der Waals surface area contributed by atoms with Gasteiger partial charge in [-0.1, -0.05) is 18.2 Å². The van der Waals surface area contributed by atoms with Crippen molar-refractivity contribution in [3.63, 3.8) is 0 Å². The number of hydrogen-bond donors (Lipinski definition) is 2. The first-order valence-electron chi connectivity index (χ1n) is 10.6. The highest BCUT2D eigenvalue weighted by Crippen LogP contribution is 2.18. The zero-order valence-corrected chi connectivity index (χ0v) is 18.0. The average Bonchev–Trinajstić information content (AvgIpc) is 2.76. The number of hydrogen-bond acceptors (Lipinski definition) is 5. The number of nitrogens with one attached hydrogen (secondary N) is 1. The number of aromatic nitrogens is 1. The number of aliphatic hydroxyl groups excluding tert-OH is 1. The second-order valence-electron chi connectivity index (χ2n) is 7.66. The van der Waals surface area contributed by atoms with Crippen molar-refractivity contribution >= 4 is 5.71 Å². The summed E-state index contributed by atoms with van der Waals surface area (Å²) in [6.45, 7) is 5.09. The number of allylic oxidation sites excluding steroid dienone is 2. The minimum atomic E-state index is -0.659. The Hall–Kier alpha value is -2.61. The molecule has 0 bridgehead atoms. The summed E-state index contributed by atoms with van der Waals surface area (Å²) < 4.78 is 20.4. The summed E-state index contributed by atoms with van der Waals surface area (Å²) in [5.74, 6) is -0.408. The van der Waals surface area contributed by atoms with Crippen LogP contribution in [0.15, 0.2) is 64.5 Å². The van der Waals surface area contributed by atoms with Crippen LogP contribution in [0.4, 0.5) is 4.39 Å². The minimum Gasteiger partial charge on any atom is -0.394 e. The Kier molecular flexibility index (Phi) is 8.28. The largest absolute Gasteiger partial charge is 0.394 e. The van der Waals surface area contributed by atoms with E-state index in [1.54, 1.807) is 24.4 Å². The van der Waals surface area contributed by atoms with Crippen molar-refractivity contribution in [2.75, 3.05) is 19.8 Å². The van der Waals surface area contributed by atoms with Crippen LogP contribution >= 0.6 is 0 Å². The van der Waals surface area contributed by atoms with Crippen molar-refractivity contribution in [2.24, 2.45) is 4.99 Å². The molecule has 2 aromatic rings. The summed E-state index contributed by atoms with van der Waals surface area (Å²) in [4.78, 5) is 17.6. The molecule has 1 aromatic carbocycles. The lowest BCUT2D eigenvalue weighted by Crippen LogP contribution is -2.39. The predicted molar refractivity (Wildman–Crippen MR) is 120 cm³/mol. The number of benzene rings is 1. The fraction of sp³-hybridized carbons (Fsp3) is 0.417. The number of aliphatic hydroxyl groups is 1. The number of nitrogens with zero attached hydrogens (tertiary/aromatic N) is 2. The highest BCUT2D eigenvalue weighted by molar-refractivity contribution is 6.08. The van der Waals surface area contributed by atoms with Crippen LogP contribution in [0.5, 0.6) is 0 Å². The SMILES string of the molecule is C/C=C\C(=N/C(C)NC1CCOCC1)c1ccn(C(CO)c2cccc(F)c2)c(=O)c1. The van der Waals surface area contributed by atoms with E-state index in [2.05, 4.69) is 5.32 Å². The molecule has 0 aliphatic carbocycles. The lowest BCUT2D eigenvalue weighted by Gasteiger charge is -2.25. The van der Waals surface area contributed by atoms with Crippen LogP contribution in [0, 0.1) is 5.82 Å². The van der Waals surface area contributed by atoms with Crippen molar-refractivity contribution in [2.45, 2.75) is 44.9 Å². The molecule has 1 aliphatic rings. The topological polar surface area (TPSA) is 75.8 Å². The first-order valence-corrected chi connectivity index (χ1v) is 10.6. The maximum absolute atomic E-state index is 13.6. The van der Waals surface area contributed by atoms with Gasteiger partial charge in [-0.25, -0.2) is 4.39 Å². The molecule has 0 spiro atoms. The first kappa shape index (κ1) is 23.1. The van der Waals surface area contributed by atoms with Gasteiger partial charge in [0.25, 0.3) is 5.56 Å². The molecule has 31 heavy (non-hydrogen) atoms. The van der Waals surface area contributed by atoms with Crippen LogP contribution in [-0.2, 0) is 4.74 Å². The van der Waals surface area contributed by atoms with E-state index in [0.29, 0.717) is 22.9 Å². The van der Waals surface area contributed by atoms with Gasteiger partial charge < -0.3 is 14.4 Å². The number of halogens is 1. The molecule has 0 radical (unpaired) electrons. The minimum absolute atomic E-state index is 0.116. The molecule has 3 rings (SSSR count). The van der Waals surface area contributed by atoms with E-state index >= 15 is 0 Å². The molecule has 1 aliphatic heterocycles. The summed E-state index contributed by atoms with van der Waals surface area (Å²) in [6, 6.07) is 8.93. The van der Waals surface area contributed by atoms with Gasteiger partial charge in [0.2, 0.25) is 0 Å². The van der Waals surface area contributed by atoms with Crippen molar-refractivity contribution in [3.8, 4) is 0 Å². The Morgan fingerprint density at radius 1 is 1.35 bits per heavy atom. The van der Waals surface area contributed by atoms with E-state index < -0.39 is 11.9 Å². The summed E-state index contributed by atoms with van der Waals surface area (Å²) in [5.41, 5.74) is 1.64. The summed E-state index contributed by atoms with van der Waals surface area (Å²) in [7, 11) is 0. The molecule has 2 atom stereocenters. The molecular formula is C24H30FN3O3. The Labute approximate surface area is 182 Å². The molecule has 2 heterocycles. The molecule has 0 amide bonds. The Morgan fingerprint density at radius 2 is 2.13 bits per heavy atom. The van der Waals surface area contributed by atoms with Gasteiger partial charge in [0.15, 0.2) is 0 Å². The molecule has 2 unspecified atom stereocenters. The third-order valence-corrected chi connectivity index (χ3v) is 5.34. The van der Waals surface area contributed by atoms with Gasteiger partial charge in [0, 0.05) is 37.1 Å². The predicted octanol–water partition coefficient (Wildman–Crippen LogP) is 3.05. The van der Waals surface area contributed by atoms with Crippen LogP contribution in [0.25, 0.3) is 0 Å². The van der Waals surface area contributed by atoms with Crippen LogP contribution in [-0.4, -0.2) is 47.4 Å². The molecule has 7 heteroatoms. The molecule has 166 valence electrons. The lowest BCUT2D eigenvalue weighted by atomic mass is 10.1. The van der Waals surface area contributed by atoms with E-state index in [4.69, 9.17) is 9.73 Å². The zero-order valence-electron chi connectivity index (χ0n) is 18.0. The maximum Gasteiger partial charge on any atom is 0.251 e. The van der Waals surface area contributed by atoms with Crippen LogP contribution < -0.4 is 10.9 Å². The highest BCUT2D eigenvalue weighted by atomic mass is 19.1. The van der Waals surface area contributed by atoms with E-state index in [1.165, 1.54) is 22.8 Å². The van der Waals surface area contributed by atoms with E-state index in [9.17, 15) is 14.3 Å². The van der Waals surface area contributed by atoms with Gasteiger partial charge >= 0.3 is 0 Å². The van der Waals surface area contributed by atoms with Crippen molar-refractivity contribution in [1.82, 2.24) is 9.88 Å². The maximum atomic E-state index is 13.6. The molecular weight excluding hydrogens is 397 g/mol. The number of rotatable bonds is 8. The second-order valence-corrected chi connectivity index (χ2v) is 7.66. The monoisotopic (exact) mass is 427 g/mol. The fourth-order valence-corrected chi connectivity index (χ4v) is 3.80. The molecule has 0 saturated carbocycles. The van der Waals surface area contributed by atoms with Crippen LogP contribution in [0.2, 0.25) is 0 Å². The van der Waals surface area contributed by atoms with Crippen molar-refractivity contribution in [1.29, 1.82) is 0 Å². The fourth-order valence-electron chi connectivity index (χ4n) is 3.80. The summed E-state index contributed by atoms with van der Waals surface area (Å²) in [6.07, 6.45) is 7.18. The zero-order chi connectivity index (χ0) is 22.2. The second kappa shape index (κ2) is 11.1. The highest BCUT2D eigenvalue weighted by Gasteiger charge is 2.17. The smallest absolute Gasteiger partial charge is 0.251 e. The normalized spacial score (nSPS) is 17.7. The standard InChI is InChI=1S/C24H30FN3O3/c1-3-5-22(27-17(2)26-21-9-12-31-13-10-21)18-8-11-28(24(30)15-18)23(16-29)19-6-4-7-20(25)14-19/h3-8,11,14-15,17,21,23,26,29H,9-10,12-13,16H2,1-2H3/b5-3-,27-22+. The number of ether oxygens (including phenoxy) is 1. The Bertz CT molecular complexity index is 980. The average molecular weight is 428 g/mol. The molecule has 1 fully saturated rings. The van der Waals surface area contributed by atoms with E-state index in [-0.39, 0.29) is 18.3 Å². The van der Waals surface area contributed by atoms with Crippen molar-refractivity contribution < 1.29 is 14.2 Å². The van der Waals surface area contributed by atoms with Gasteiger partial charge in [-0.3, -0.25) is 15.1 Å². The first-order chi connectivity index (χ1) is 15.0. The Balaban J connectivity index is 1.85. The summed E-state index contributed by atoms with van der Waals surface area (Å²) in [5, 5.41) is 13.4. The molecule has 1 aromatic heterocycles. The van der Waals surface area contributed by atoms with E-state index in [1.807, 2.05) is 26.0 Å². The summed E-state index contributed by atoms with van der Waals surface area (Å²) >= 11 is 0. The van der Waals surface area contributed by atoms with E-state index in [0.717, 1.165) is 26.1 Å². The third kappa shape index (κ3) is 6.19. The molecule has 6 nitrogen and oxygen atoms in total. The van der Waals surface area contributed by atoms with Gasteiger partial charge in [-0.05, 0) is 56.5 Å². The molecule has 1 saturated heterocycles. The lowest BCUT2D eigenvalue weighted by molar-refractivity contribution is 0.0757. The third-order valence-electron chi connectivity index (χ3n) is 5.34. The number of pyridine rings is 1. The van der Waals surface area contributed by atoms with Crippen molar-refractivity contribution in [3.05, 3.63) is 82.0 Å². The van der Waals surface area contributed by atoms with Gasteiger partial charge in [0.1, 0.15) is 5.82 Å². The molecule has 2 N–H and O–H groups in total. The van der Waals surface area contributed by atoms with Crippen LogP contribution in [0.3, 0.4) is 0 Å². The van der Waals surface area contributed by atoms with Crippen LogP contribution in [0.1, 0.15) is 43.9 Å². The van der Waals surface area contributed by atoms with Gasteiger partial charge in [-0.2, -0.15) is 0 Å².